The summed E-state index contributed by atoms with van der Waals surface area (Å²) in [7, 11) is 0. The minimum atomic E-state index is -0.365. The summed E-state index contributed by atoms with van der Waals surface area (Å²) in [6.07, 6.45) is 0.722. The molecule has 2 aromatic heterocycles. The zero-order valence-electron chi connectivity index (χ0n) is 11.7. The summed E-state index contributed by atoms with van der Waals surface area (Å²) in [5.74, 6) is 0.302. The maximum absolute atomic E-state index is 12.1. The molecule has 0 bridgehead atoms. The van der Waals surface area contributed by atoms with Crippen LogP contribution >= 0.6 is 0 Å². The SMILES string of the molecule is CCc1nc2cc(NC(=O)c3n[nH]c(C)c3N)ccc2o1. The van der Waals surface area contributed by atoms with E-state index in [4.69, 9.17) is 10.2 Å². The Kier molecular flexibility index (Phi) is 3.09. The van der Waals surface area contributed by atoms with Crippen molar-refractivity contribution in [2.75, 3.05) is 11.1 Å². The Hall–Kier alpha value is -2.83. The lowest BCUT2D eigenvalue weighted by atomic mass is 10.2. The number of H-pyrrole nitrogens is 1. The Morgan fingerprint density at radius 2 is 2.29 bits per heavy atom. The van der Waals surface area contributed by atoms with E-state index in [9.17, 15) is 4.79 Å². The second-order valence-electron chi connectivity index (χ2n) is 4.71. The zero-order valence-corrected chi connectivity index (χ0v) is 11.7. The Balaban J connectivity index is 1.87. The lowest BCUT2D eigenvalue weighted by molar-refractivity contribution is 0.102. The summed E-state index contributed by atoms with van der Waals surface area (Å²) < 4.78 is 5.52. The number of hydrogen-bond acceptors (Lipinski definition) is 5. The first-order chi connectivity index (χ1) is 10.1. The van der Waals surface area contributed by atoms with Crippen LogP contribution in [0.5, 0.6) is 0 Å². The molecule has 108 valence electrons. The van der Waals surface area contributed by atoms with Gasteiger partial charge in [0.1, 0.15) is 5.52 Å². The van der Waals surface area contributed by atoms with Crippen LogP contribution < -0.4 is 11.1 Å². The topological polar surface area (TPSA) is 110 Å². The molecule has 0 fully saturated rings. The van der Waals surface area contributed by atoms with Crippen molar-refractivity contribution >= 4 is 28.4 Å². The first kappa shape index (κ1) is 13.2. The lowest BCUT2D eigenvalue weighted by Gasteiger charge is -2.03. The van der Waals surface area contributed by atoms with Crippen molar-refractivity contribution in [3.05, 3.63) is 35.5 Å². The molecule has 0 spiro atoms. The Bertz CT molecular complexity index is 818. The number of aromatic amines is 1. The number of amides is 1. The molecule has 3 aromatic rings. The third-order valence-electron chi connectivity index (χ3n) is 3.20. The van der Waals surface area contributed by atoms with E-state index >= 15 is 0 Å². The molecule has 0 aliphatic carbocycles. The fourth-order valence-corrected chi connectivity index (χ4v) is 2.01. The number of carbonyl (C=O) groups excluding carboxylic acids is 1. The minimum absolute atomic E-state index is 0.182. The van der Waals surface area contributed by atoms with Crippen LogP contribution in [-0.4, -0.2) is 21.1 Å². The summed E-state index contributed by atoms with van der Waals surface area (Å²) in [4.78, 5) is 16.5. The molecule has 21 heavy (non-hydrogen) atoms. The third-order valence-corrected chi connectivity index (χ3v) is 3.20. The van der Waals surface area contributed by atoms with Crippen LogP contribution in [0.2, 0.25) is 0 Å². The van der Waals surface area contributed by atoms with Crippen molar-refractivity contribution in [2.24, 2.45) is 0 Å². The second-order valence-corrected chi connectivity index (χ2v) is 4.71. The Morgan fingerprint density at radius 1 is 1.48 bits per heavy atom. The van der Waals surface area contributed by atoms with Gasteiger partial charge in [0.05, 0.1) is 11.4 Å². The molecule has 0 aliphatic rings. The molecule has 0 atom stereocenters. The first-order valence-electron chi connectivity index (χ1n) is 6.59. The number of nitrogens with one attached hydrogen (secondary N) is 2. The van der Waals surface area contributed by atoms with Crippen LogP contribution in [-0.2, 0) is 6.42 Å². The molecule has 0 saturated heterocycles. The van der Waals surface area contributed by atoms with Crippen molar-refractivity contribution < 1.29 is 9.21 Å². The van der Waals surface area contributed by atoms with Crippen LogP contribution in [0, 0.1) is 6.92 Å². The smallest absolute Gasteiger partial charge is 0.278 e. The Labute approximate surface area is 120 Å². The molecule has 0 unspecified atom stereocenters. The molecular formula is C14H15N5O2. The normalized spacial score (nSPS) is 11.0. The monoisotopic (exact) mass is 285 g/mol. The number of nitrogen functional groups attached to an aromatic ring is 1. The van der Waals surface area contributed by atoms with E-state index in [1.54, 1.807) is 25.1 Å². The predicted molar refractivity (Wildman–Crippen MR) is 79.1 cm³/mol. The van der Waals surface area contributed by atoms with Crippen molar-refractivity contribution in [1.29, 1.82) is 0 Å². The van der Waals surface area contributed by atoms with Crippen molar-refractivity contribution in [3.8, 4) is 0 Å². The number of aryl methyl sites for hydroxylation is 2. The van der Waals surface area contributed by atoms with E-state index in [0.29, 0.717) is 34.1 Å². The van der Waals surface area contributed by atoms with E-state index in [0.717, 1.165) is 6.42 Å². The molecule has 0 saturated carbocycles. The number of carbonyl (C=O) groups is 1. The number of hydrogen-bond donors (Lipinski definition) is 3. The van der Waals surface area contributed by atoms with Crippen LogP contribution in [0.3, 0.4) is 0 Å². The van der Waals surface area contributed by atoms with Gasteiger partial charge < -0.3 is 15.5 Å². The quantitative estimate of drug-likeness (QED) is 0.683. The van der Waals surface area contributed by atoms with Crippen LogP contribution in [0.15, 0.2) is 22.6 Å². The molecule has 0 radical (unpaired) electrons. The van der Waals surface area contributed by atoms with Gasteiger partial charge in [0.25, 0.3) is 5.91 Å². The summed E-state index contributed by atoms with van der Waals surface area (Å²) in [6, 6.07) is 5.28. The highest BCUT2D eigenvalue weighted by molar-refractivity contribution is 6.07. The van der Waals surface area contributed by atoms with Gasteiger partial charge in [-0.25, -0.2) is 4.98 Å². The van der Waals surface area contributed by atoms with Gasteiger partial charge in [-0.05, 0) is 25.1 Å². The summed E-state index contributed by atoms with van der Waals surface area (Å²) in [5, 5.41) is 9.32. The molecular weight excluding hydrogens is 270 g/mol. The minimum Gasteiger partial charge on any atom is -0.441 e. The summed E-state index contributed by atoms with van der Waals surface area (Å²) in [6.45, 7) is 3.73. The van der Waals surface area contributed by atoms with Gasteiger partial charge in [-0.2, -0.15) is 5.10 Å². The number of nitrogens with two attached hydrogens (primary N) is 1. The van der Waals surface area contributed by atoms with Gasteiger partial charge in [0, 0.05) is 12.1 Å². The van der Waals surface area contributed by atoms with Gasteiger partial charge in [0.2, 0.25) is 0 Å². The molecule has 2 heterocycles. The van der Waals surface area contributed by atoms with E-state index < -0.39 is 0 Å². The highest BCUT2D eigenvalue weighted by Crippen LogP contribution is 2.21. The van der Waals surface area contributed by atoms with E-state index in [1.165, 1.54) is 0 Å². The Morgan fingerprint density at radius 3 is 2.95 bits per heavy atom. The number of fused-ring (bicyclic) bond motifs is 1. The van der Waals surface area contributed by atoms with Crippen molar-refractivity contribution in [1.82, 2.24) is 15.2 Å². The number of oxazole rings is 1. The fraction of sp³-hybridized carbons (Fsp3) is 0.214. The predicted octanol–water partition coefficient (Wildman–Crippen LogP) is 2.26. The number of rotatable bonds is 3. The highest BCUT2D eigenvalue weighted by Gasteiger charge is 2.16. The average Bonchev–Trinajstić information content (AvgIpc) is 3.02. The summed E-state index contributed by atoms with van der Waals surface area (Å²) in [5.41, 5.74) is 9.00. The van der Waals surface area contributed by atoms with Crippen molar-refractivity contribution in [3.63, 3.8) is 0 Å². The molecule has 1 aromatic carbocycles. The van der Waals surface area contributed by atoms with Gasteiger partial charge in [-0.15, -0.1) is 0 Å². The van der Waals surface area contributed by atoms with Crippen LogP contribution in [0.25, 0.3) is 11.1 Å². The highest BCUT2D eigenvalue weighted by atomic mass is 16.3. The maximum Gasteiger partial charge on any atom is 0.278 e. The van der Waals surface area contributed by atoms with Gasteiger partial charge >= 0.3 is 0 Å². The van der Waals surface area contributed by atoms with Crippen LogP contribution in [0.1, 0.15) is 29.0 Å². The van der Waals surface area contributed by atoms with E-state index in [-0.39, 0.29) is 11.6 Å². The first-order valence-corrected chi connectivity index (χ1v) is 6.59. The summed E-state index contributed by atoms with van der Waals surface area (Å²) >= 11 is 0. The number of anilines is 2. The largest absolute Gasteiger partial charge is 0.441 e. The molecule has 1 amide bonds. The van der Waals surface area contributed by atoms with Crippen LogP contribution in [0.4, 0.5) is 11.4 Å². The van der Waals surface area contributed by atoms with Gasteiger partial charge in [-0.3, -0.25) is 9.89 Å². The number of benzene rings is 1. The number of nitrogens with zero attached hydrogens (tertiary/aromatic N) is 2. The van der Waals surface area contributed by atoms with E-state index in [2.05, 4.69) is 20.5 Å². The molecule has 0 aliphatic heterocycles. The average molecular weight is 285 g/mol. The molecule has 7 heteroatoms. The fourth-order valence-electron chi connectivity index (χ4n) is 2.01. The van der Waals surface area contributed by atoms with Gasteiger partial charge in [0.15, 0.2) is 17.2 Å². The molecule has 4 N–H and O–H groups in total. The number of aromatic nitrogens is 3. The van der Waals surface area contributed by atoms with Gasteiger partial charge in [-0.1, -0.05) is 6.92 Å². The second kappa shape index (κ2) is 4.93. The molecule has 3 rings (SSSR count). The van der Waals surface area contributed by atoms with E-state index in [1.807, 2.05) is 6.92 Å². The lowest BCUT2D eigenvalue weighted by Crippen LogP contribution is -2.14. The third kappa shape index (κ3) is 2.33. The van der Waals surface area contributed by atoms with Crippen molar-refractivity contribution in [2.45, 2.75) is 20.3 Å². The standard InChI is InChI=1S/C14H15N5O2/c1-3-11-17-9-6-8(4-5-10(9)21-11)16-14(20)13-12(15)7(2)18-19-13/h4-6H,3,15H2,1-2H3,(H,16,20)(H,18,19). The maximum atomic E-state index is 12.1. The molecule has 7 nitrogen and oxygen atoms in total. The zero-order chi connectivity index (χ0) is 15.0.